The Labute approximate surface area is 125 Å². The van der Waals surface area contributed by atoms with Crippen LogP contribution < -0.4 is 15.4 Å². The van der Waals surface area contributed by atoms with E-state index >= 15 is 0 Å². The quantitative estimate of drug-likeness (QED) is 0.641. The first-order valence-electron chi connectivity index (χ1n) is 6.24. The molecular formula is C13H13N5O4. The summed E-state index contributed by atoms with van der Waals surface area (Å²) in [4.78, 5) is 29.3. The molecule has 1 amide bonds. The maximum absolute atomic E-state index is 11.0. The molecule has 0 bridgehead atoms. The minimum Gasteiger partial charge on any atom is -0.439 e. The van der Waals surface area contributed by atoms with Gasteiger partial charge in [-0.25, -0.2) is 4.98 Å². The Balaban J connectivity index is 2.23. The normalized spacial score (nSPS) is 9.91. The summed E-state index contributed by atoms with van der Waals surface area (Å²) < 4.78 is 5.51. The van der Waals surface area contributed by atoms with Gasteiger partial charge in [-0.2, -0.15) is 4.98 Å². The van der Waals surface area contributed by atoms with Crippen molar-refractivity contribution in [2.75, 3.05) is 17.7 Å². The summed E-state index contributed by atoms with van der Waals surface area (Å²) in [5, 5.41) is 16.0. The topological polar surface area (TPSA) is 119 Å². The number of hydrogen-bond donors (Lipinski definition) is 2. The van der Waals surface area contributed by atoms with Gasteiger partial charge in [-0.1, -0.05) is 0 Å². The van der Waals surface area contributed by atoms with Gasteiger partial charge in [-0.15, -0.1) is 0 Å². The standard InChI is InChI=1S/C13H13N5O4/c1-8(19)16-11-7-9(5-6-15-11)22-12-4-3-10(18(20)21)13(14-2)17-12/h3-7H,1-2H3,(H,14,17)(H,15,16,19). The third-order valence-corrected chi connectivity index (χ3v) is 2.54. The third kappa shape index (κ3) is 3.66. The first-order valence-corrected chi connectivity index (χ1v) is 6.24. The second kappa shape index (κ2) is 6.48. The molecule has 0 fully saturated rings. The lowest BCUT2D eigenvalue weighted by atomic mass is 10.4. The van der Waals surface area contributed by atoms with E-state index in [0.717, 1.165) is 0 Å². The number of nitro groups is 1. The summed E-state index contributed by atoms with van der Waals surface area (Å²) in [5.74, 6) is 0.743. The number of aromatic nitrogens is 2. The molecule has 9 nitrogen and oxygen atoms in total. The largest absolute Gasteiger partial charge is 0.439 e. The summed E-state index contributed by atoms with van der Waals surface area (Å²) in [6.07, 6.45) is 1.46. The van der Waals surface area contributed by atoms with E-state index in [9.17, 15) is 14.9 Å². The average Bonchev–Trinajstić information content (AvgIpc) is 2.46. The smallest absolute Gasteiger partial charge is 0.311 e. The number of rotatable bonds is 5. The Morgan fingerprint density at radius 1 is 1.36 bits per heavy atom. The highest BCUT2D eigenvalue weighted by Gasteiger charge is 2.15. The third-order valence-electron chi connectivity index (χ3n) is 2.54. The van der Waals surface area contributed by atoms with Gasteiger partial charge in [0.25, 0.3) is 0 Å². The van der Waals surface area contributed by atoms with Crippen LogP contribution in [0.15, 0.2) is 30.5 Å². The van der Waals surface area contributed by atoms with Gasteiger partial charge < -0.3 is 15.4 Å². The van der Waals surface area contributed by atoms with Crippen LogP contribution in [0, 0.1) is 10.1 Å². The van der Waals surface area contributed by atoms with Crippen molar-refractivity contribution in [2.24, 2.45) is 0 Å². The monoisotopic (exact) mass is 303 g/mol. The van der Waals surface area contributed by atoms with E-state index in [4.69, 9.17) is 4.74 Å². The molecule has 114 valence electrons. The number of nitrogens with zero attached hydrogens (tertiary/aromatic N) is 3. The fraction of sp³-hybridized carbons (Fsp3) is 0.154. The Morgan fingerprint density at radius 3 is 2.77 bits per heavy atom. The van der Waals surface area contributed by atoms with Gasteiger partial charge in [0.05, 0.1) is 4.92 Å². The molecular weight excluding hydrogens is 290 g/mol. The van der Waals surface area contributed by atoms with Gasteiger partial charge in [-0.3, -0.25) is 14.9 Å². The van der Waals surface area contributed by atoms with Gasteiger partial charge in [-0.05, 0) is 6.07 Å². The minimum absolute atomic E-state index is 0.0960. The van der Waals surface area contributed by atoms with Crippen molar-refractivity contribution in [1.82, 2.24) is 9.97 Å². The molecule has 0 radical (unpaired) electrons. The molecule has 0 aromatic carbocycles. The first-order chi connectivity index (χ1) is 10.5. The summed E-state index contributed by atoms with van der Waals surface area (Å²) in [7, 11) is 1.53. The molecule has 2 rings (SSSR count). The molecule has 22 heavy (non-hydrogen) atoms. The molecule has 0 aliphatic carbocycles. The zero-order chi connectivity index (χ0) is 16.1. The molecule has 2 heterocycles. The van der Waals surface area contributed by atoms with Crippen LogP contribution in [-0.2, 0) is 4.79 Å². The van der Waals surface area contributed by atoms with E-state index in [2.05, 4.69) is 20.6 Å². The van der Waals surface area contributed by atoms with Crippen molar-refractivity contribution >= 4 is 23.2 Å². The molecule has 0 aliphatic heterocycles. The maximum Gasteiger partial charge on any atom is 0.311 e. The average molecular weight is 303 g/mol. The first kappa shape index (κ1) is 15.2. The number of carbonyl (C=O) groups is 1. The van der Waals surface area contributed by atoms with Gasteiger partial charge in [0, 0.05) is 38.4 Å². The molecule has 0 spiro atoms. The van der Waals surface area contributed by atoms with Crippen LogP contribution in [0.4, 0.5) is 17.3 Å². The number of pyridine rings is 2. The van der Waals surface area contributed by atoms with E-state index in [1.165, 1.54) is 38.4 Å². The van der Waals surface area contributed by atoms with Gasteiger partial charge in [0.2, 0.25) is 17.6 Å². The second-order valence-electron chi connectivity index (χ2n) is 4.18. The van der Waals surface area contributed by atoms with E-state index in [1.54, 1.807) is 6.07 Å². The van der Waals surface area contributed by atoms with Crippen LogP contribution in [0.3, 0.4) is 0 Å². The number of hydrogen-bond acceptors (Lipinski definition) is 7. The van der Waals surface area contributed by atoms with E-state index in [-0.39, 0.29) is 23.3 Å². The lowest BCUT2D eigenvalue weighted by Gasteiger charge is -2.08. The zero-order valence-electron chi connectivity index (χ0n) is 11.9. The van der Waals surface area contributed by atoms with Crippen LogP contribution in [0.25, 0.3) is 0 Å². The number of nitrogens with one attached hydrogen (secondary N) is 2. The van der Waals surface area contributed by atoms with Gasteiger partial charge in [0.1, 0.15) is 11.6 Å². The number of carbonyl (C=O) groups excluding carboxylic acids is 1. The highest BCUT2D eigenvalue weighted by molar-refractivity contribution is 5.87. The molecule has 0 saturated carbocycles. The Bertz CT molecular complexity index is 719. The molecule has 2 aromatic rings. The molecule has 0 saturated heterocycles. The van der Waals surface area contributed by atoms with Crippen LogP contribution >= 0.6 is 0 Å². The Hall–Kier alpha value is -3.23. The lowest BCUT2D eigenvalue weighted by molar-refractivity contribution is -0.384. The van der Waals surface area contributed by atoms with Crippen LogP contribution in [-0.4, -0.2) is 27.8 Å². The van der Waals surface area contributed by atoms with Crippen LogP contribution in [0.2, 0.25) is 0 Å². The predicted octanol–water partition coefficient (Wildman–Crippen LogP) is 2.18. The van der Waals surface area contributed by atoms with Crippen molar-refractivity contribution < 1.29 is 14.5 Å². The summed E-state index contributed by atoms with van der Waals surface area (Å²) in [6, 6.07) is 5.78. The van der Waals surface area contributed by atoms with E-state index in [0.29, 0.717) is 11.6 Å². The number of ether oxygens (including phenoxy) is 1. The maximum atomic E-state index is 11.0. The Morgan fingerprint density at radius 2 is 2.14 bits per heavy atom. The molecule has 9 heteroatoms. The van der Waals surface area contributed by atoms with E-state index < -0.39 is 4.92 Å². The highest BCUT2D eigenvalue weighted by Crippen LogP contribution is 2.27. The molecule has 2 N–H and O–H groups in total. The van der Waals surface area contributed by atoms with Crippen molar-refractivity contribution in [3.63, 3.8) is 0 Å². The molecule has 0 unspecified atom stereocenters. The van der Waals surface area contributed by atoms with Gasteiger partial charge in [0.15, 0.2) is 0 Å². The molecule has 0 atom stereocenters. The summed E-state index contributed by atoms with van der Waals surface area (Å²) in [5.41, 5.74) is -0.150. The lowest BCUT2D eigenvalue weighted by Crippen LogP contribution is -2.07. The fourth-order valence-corrected chi connectivity index (χ4v) is 1.67. The fourth-order valence-electron chi connectivity index (χ4n) is 1.67. The van der Waals surface area contributed by atoms with Crippen molar-refractivity contribution in [3.05, 3.63) is 40.6 Å². The zero-order valence-corrected chi connectivity index (χ0v) is 11.9. The van der Waals surface area contributed by atoms with Crippen molar-refractivity contribution in [2.45, 2.75) is 6.92 Å². The summed E-state index contributed by atoms with van der Waals surface area (Å²) >= 11 is 0. The van der Waals surface area contributed by atoms with Crippen molar-refractivity contribution in [1.29, 1.82) is 0 Å². The predicted molar refractivity (Wildman–Crippen MR) is 79.1 cm³/mol. The SMILES string of the molecule is CNc1nc(Oc2ccnc(NC(C)=O)c2)ccc1[N+](=O)[O-]. The molecule has 0 aliphatic rings. The summed E-state index contributed by atoms with van der Waals surface area (Å²) in [6.45, 7) is 1.37. The number of amides is 1. The number of anilines is 2. The second-order valence-corrected chi connectivity index (χ2v) is 4.18. The van der Waals surface area contributed by atoms with Crippen LogP contribution in [0.5, 0.6) is 11.6 Å². The highest BCUT2D eigenvalue weighted by atomic mass is 16.6. The van der Waals surface area contributed by atoms with Gasteiger partial charge >= 0.3 is 5.69 Å². The molecule has 2 aromatic heterocycles. The minimum atomic E-state index is -0.538. The Kier molecular flexibility index (Phi) is 4.47. The van der Waals surface area contributed by atoms with E-state index in [1.807, 2.05) is 0 Å². The van der Waals surface area contributed by atoms with Crippen molar-refractivity contribution in [3.8, 4) is 11.6 Å². The van der Waals surface area contributed by atoms with Crippen LogP contribution in [0.1, 0.15) is 6.92 Å².